The Labute approximate surface area is 124 Å². The number of hydrogen-bond donors (Lipinski definition) is 1. The van der Waals surface area contributed by atoms with Gasteiger partial charge in [0, 0.05) is 17.6 Å². The third-order valence-corrected chi connectivity index (χ3v) is 4.06. The molecule has 0 unspecified atom stereocenters. The van der Waals surface area contributed by atoms with E-state index in [0.717, 1.165) is 20.7 Å². The number of hydrogen-bond acceptors (Lipinski definition) is 5. The van der Waals surface area contributed by atoms with Crippen LogP contribution >= 0.6 is 27.3 Å². The quantitative estimate of drug-likeness (QED) is 0.905. The summed E-state index contributed by atoms with van der Waals surface area (Å²) in [5.74, 6) is 1.34. The molecule has 6 heteroatoms. The van der Waals surface area contributed by atoms with E-state index in [1.165, 1.54) is 0 Å². The maximum absolute atomic E-state index is 5.79. The molecule has 0 fully saturated rings. The van der Waals surface area contributed by atoms with Gasteiger partial charge < -0.3 is 15.2 Å². The van der Waals surface area contributed by atoms with Crippen LogP contribution in [0.25, 0.3) is 0 Å². The van der Waals surface area contributed by atoms with Crippen LogP contribution in [0.5, 0.6) is 11.5 Å². The van der Waals surface area contributed by atoms with E-state index in [0.29, 0.717) is 24.7 Å². The van der Waals surface area contributed by atoms with E-state index in [1.54, 1.807) is 18.4 Å². The molecule has 0 amide bonds. The molecule has 0 bridgehead atoms. The summed E-state index contributed by atoms with van der Waals surface area (Å²) in [7, 11) is 1.61. The first-order valence-corrected chi connectivity index (χ1v) is 7.41. The van der Waals surface area contributed by atoms with Crippen LogP contribution in [0.4, 0.5) is 0 Å². The van der Waals surface area contributed by atoms with Gasteiger partial charge in [-0.2, -0.15) is 0 Å². The zero-order chi connectivity index (χ0) is 13.8. The van der Waals surface area contributed by atoms with E-state index in [9.17, 15) is 0 Å². The fourth-order valence-electron chi connectivity index (χ4n) is 1.63. The lowest BCUT2D eigenvalue weighted by atomic mass is 10.2. The highest BCUT2D eigenvalue weighted by Gasteiger charge is 2.12. The van der Waals surface area contributed by atoms with Gasteiger partial charge >= 0.3 is 0 Å². The Morgan fingerprint density at radius 1 is 1.42 bits per heavy atom. The molecular weight excluding hydrogens is 328 g/mol. The smallest absolute Gasteiger partial charge is 0.175 e. The highest BCUT2D eigenvalue weighted by atomic mass is 79.9. The van der Waals surface area contributed by atoms with Gasteiger partial charge in [-0.15, -0.1) is 11.3 Å². The molecule has 0 aliphatic heterocycles. The summed E-state index contributed by atoms with van der Waals surface area (Å²) in [5, 5.41) is 2.94. The third kappa shape index (κ3) is 3.46. The second kappa shape index (κ2) is 6.36. The van der Waals surface area contributed by atoms with Gasteiger partial charge in [0.2, 0.25) is 0 Å². The van der Waals surface area contributed by atoms with Crippen LogP contribution in [0.3, 0.4) is 0 Å². The normalized spacial score (nSPS) is 10.5. The summed E-state index contributed by atoms with van der Waals surface area (Å²) in [6, 6.07) is 3.82. The van der Waals surface area contributed by atoms with Crippen LogP contribution in [-0.4, -0.2) is 12.1 Å². The first-order chi connectivity index (χ1) is 9.13. The molecule has 2 aromatic rings. The van der Waals surface area contributed by atoms with Crippen molar-refractivity contribution in [3.05, 3.63) is 38.3 Å². The molecular formula is C13H15BrN2O2S. The fourth-order valence-corrected chi connectivity index (χ4v) is 2.92. The SMILES string of the molecule is COc1cc(CN)cc(Br)c1OCc1nc(C)cs1. The molecule has 2 N–H and O–H groups in total. The summed E-state index contributed by atoms with van der Waals surface area (Å²) >= 11 is 5.06. The van der Waals surface area contributed by atoms with Crippen molar-refractivity contribution in [3.63, 3.8) is 0 Å². The number of methoxy groups -OCH3 is 1. The largest absolute Gasteiger partial charge is 0.493 e. The second-order valence-corrected chi connectivity index (χ2v) is 5.78. The highest BCUT2D eigenvalue weighted by Crippen LogP contribution is 2.37. The van der Waals surface area contributed by atoms with Gasteiger partial charge in [0.05, 0.1) is 11.6 Å². The third-order valence-electron chi connectivity index (χ3n) is 2.53. The second-order valence-electron chi connectivity index (χ2n) is 3.98. The summed E-state index contributed by atoms with van der Waals surface area (Å²) in [5.41, 5.74) is 7.63. The van der Waals surface area contributed by atoms with Gasteiger partial charge in [-0.05, 0) is 40.5 Å². The molecule has 0 radical (unpaired) electrons. The Morgan fingerprint density at radius 2 is 2.21 bits per heavy atom. The van der Waals surface area contributed by atoms with Crippen molar-refractivity contribution < 1.29 is 9.47 Å². The number of nitrogens with zero attached hydrogens (tertiary/aromatic N) is 1. The molecule has 0 atom stereocenters. The number of nitrogens with two attached hydrogens (primary N) is 1. The van der Waals surface area contributed by atoms with Crippen LogP contribution in [-0.2, 0) is 13.2 Å². The predicted molar refractivity (Wildman–Crippen MR) is 79.8 cm³/mol. The van der Waals surface area contributed by atoms with Gasteiger partial charge in [-0.1, -0.05) is 0 Å². The van der Waals surface area contributed by atoms with Crippen molar-refractivity contribution >= 4 is 27.3 Å². The van der Waals surface area contributed by atoms with E-state index >= 15 is 0 Å². The molecule has 19 heavy (non-hydrogen) atoms. The van der Waals surface area contributed by atoms with Crippen LogP contribution in [0.1, 0.15) is 16.3 Å². The van der Waals surface area contributed by atoms with Crippen LogP contribution < -0.4 is 15.2 Å². The minimum absolute atomic E-state index is 0.426. The molecule has 0 aliphatic carbocycles. The van der Waals surface area contributed by atoms with Gasteiger partial charge in [-0.3, -0.25) is 0 Å². The van der Waals surface area contributed by atoms with Crippen molar-refractivity contribution in [2.75, 3.05) is 7.11 Å². The Hall–Kier alpha value is -1.11. The maximum atomic E-state index is 5.79. The number of aromatic nitrogens is 1. The van der Waals surface area contributed by atoms with Crippen molar-refractivity contribution in [2.45, 2.75) is 20.1 Å². The standard InChI is InChI=1S/C13H15BrN2O2S/c1-8-7-19-12(16-8)6-18-13-10(14)3-9(5-15)4-11(13)17-2/h3-4,7H,5-6,15H2,1-2H3. The number of benzene rings is 1. The molecule has 0 saturated carbocycles. The lowest BCUT2D eigenvalue weighted by Crippen LogP contribution is -2.01. The van der Waals surface area contributed by atoms with E-state index in [1.807, 2.05) is 24.4 Å². The number of rotatable bonds is 5. The minimum atomic E-state index is 0.426. The Kier molecular flexibility index (Phi) is 4.79. The maximum Gasteiger partial charge on any atom is 0.175 e. The molecule has 0 saturated heterocycles. The first-order valence-electron chi connectivity index (χ1n) is 5.74. The summed E-state index contributed by atoms with van der Waals surface area (Å²) < 4.78 is 12.0. The Bertz CT molecular complexity index is 572. The van der Waals surface area contributed by atoms with Gasteiger partial charge in [-0.25, -0.2) is 4.98 Å². The minimum Gasteiger partial charge on any atom is -0.493 e. The molecule has 4 nitrogen and oxygen atoms in total. The molecule has 0 aliphatic rings. The molecule has 1 heterocycles. The molecule has 1 aromatic heterocycles. The van der Waals surface area contributed by atoms with Crippen molar-refractivity contribution in [2.24, 2.45) is 5.73 Å². The van der Waals surface area contributed by atoms with Gasteiger partial charge in [0.1, 0.15) is 11.6 Å². The van der Waals surface area contributed by atoms with Gasteiger partial charge in [0.25, 0.3) is 0 Å². The lowest BCUT2D eigenvalue weighted by Gasteiger charge is -2.13. The van der Waals surface area contributed by atoms with Crippen molar-refractivity contribution in [1.29, 1.82) is 0 Å². The molecule has 1 aromatic carbocycles. The number of aryl methyl sites for hydroxylation is 1. The summed E-state index contributed by atoms with van der Waals surface area (Å²) in [4.78, 5) is 4.36. The first kappa shape index (κ1) is 14.3. The number of ether oxygens (including phenoxy) is 2. The van der Waals surface area contributed by atoms with E-state index in [-0.39, 0.29) is 0 Å². The molecule has 2 rings (SSSR count). The van der Waals surface area contributed by atoms with Crippen LogP contribution in [0.15, 0.2) is 22.0 Å². The monoisotopic (exact) mass is 342 g/mol. The molecule has 0 spiro atoms. The summed E-state index contributed by atoms with van der Waals surface area (Å²) in [6.45, 7) is 2.85. The lowest BCUT2D eigenvalue weighted by molar-refractivity contribution is 0.282. The fraction of sp³-hybridized carbons (Fsp3) is 0.308. The van der Waals surface area contributed by atoms with Gasteiger partial charge in [0.15, 0.2) is 11.5 Å². The zero-order valence-electron chi connectivity index (χ0n) is 10.8. The topological polar surface area (TPSA) is 57.4 Å². The number of halogens is 1. The van der Waals surface area contributed by atoms with Crippen molar-refractivity contribution in [3.8, 4) is 11.5 Å². The zero-order valence-corrected chi connectivity index (χ0v) is 13.2. The highest BCUT2D eigenvalue weighted by molar-refractivity contribution is 9.10. The van der Waals surface area contributed by atoms with Crippen LogP contribution in [0, 0.1) is 6.92 Å². The average Bonchev–Trinajstić information content (AvgIpc) is 2.82. The average molecular weight is 343 g/mol. The summed E-state index contributed by atoms with van der Waals surface area (Å²) in [6.07, 6.45) is 0. The predicted octanol–water partition coefficient (Wildman–Crippen LogP) is 3.26. The van der Waals surface area contributed by atoms with E-state index < -0.39 is 0 Å². The number of thiazole rings is 1. The molecule has 102 valence electrons. The Morgan fingerprint density at radius 3 is 2.79 bits per heavy atom. The van der Waals surface area contributed by atoms with Crippen LogP contribution in [0.2, 0.25) is 0 Å². The van der Waals surface area contributed by atoms with E-state index in [2.05, 4.69) is 20.9 Å². The Balaban J connectivity index is 2.19. The van der Waals surface area contributed by atoms with E-state index in [4.69, 9.17) is 15.2 Å². The van der Waals surface area contributed by atoms with Crippen molar-refractivity contribution in [1.82, 2.24) is 4.98 Å².